The number of carbonyl (C=O) groups is 1. The first-order chi connectivity index (χ1) is 13.7. The van der Waals surface area contributed by atoms with E-state index in [0.717, 1.165) is 0 Å². The third-order valence-electron chi connectivity index (χ3n) is 5.07. The molecule has 1 aromatic carbocycles. The van der Waals surface area contributed by atoms with Crippen LogP contribution in [-0.2, 0) is 4.74 Å². The van der Waals surface area contributed by atoms with Crippen LogP contribution < -0.4 is 14.2 Å². The van der Waals surface area contributed by atoms with Crippen LogP contribution in [0.25, 0.3) is 22.3 Å². The van der Waals surface area contributed by atoms with Gasteiger partial charge in [-0.1, -0.05) is 0 Å². The standard InChI is InChI=1S/C20H19N3O5/c1-10-14(20(24)25-2)16-18(23-10)17(22-8-21-16)15-12(26-7-11-3-4-11)5-6-13-19(15)28-9-27-13/h5-6,8,11,23H,3-4,7,9H2,1-2H3. The van der Waals surface area contributed by atoms with Crippen molar-refractivity contribution >= 4 is 17.0 Å². The molecule has 0 bridgehead atoms. The minimum atomic E-state index is -0.448. The van der Waals surface area contributed by atoms with Gasteiger partial charge in [-0.05, 0) is 37.8 Å². The van der Waals surface area contributed by atoms with Crippen LogP contribution in [0.4, 0.5) is 0 Å². The summed E-state index contributed by atoms with van der Waals surface area (Å²) in [5, 5.41) is 0. The van der Waals surface area contributed by atoms with E-state index in [2.05, 4.69) is 15.0 Å². The van der Waals surface area contributed by atoms with E-state index in [1.165, 1.54) is 26.3 Å². The maximum absolute atomic E-state index is 12.2. The van der Waals surface area contributed by atoms with E-state index in [1.807, 2.05) is 12.1 Å². The minimum Gasteiger partial charge on any atom is -0.492 e. The summed E-state index contributed by atoms with van der Waals surface area (Å²) in [5.41, 5.74) is 3.47. The van der Waals surface area contributed by atoms with Gasteiger partial charge in [0.05, 0.1) is 24.8 Å². The van der Waals surface area contributed by atoms with Gasteiger partial charge in [0.2, 0.25) is 6.79 Å². The van der Waals surface area contributed by atoms with Crippen LogP contribution in [0.5, 0.6) is 17.2 Å². The predicted octanol–water partition coefficient (Wildman–Crippen LogP) is 3.24. The summed E-state index contributed by atoms with van der Waals surface area (Å²) in [5.74, 6) is 2.04. The topological polar surface area (TPSA) is 95.6 Å². The summed E-state index contributed by atoms with van der Waals surface area (Å²) in [6.07, 6.45) is 3.81. The van der Waals surface area contributed by atoms with Crippen LogP contribution in [0, 0.1) is 12.8 Å². The molecule has 1 aliphatic carbocycles. The number of esters is 1. The Morgan fingerprint density at radius 2 is 2.14 bits per heavy atom. The Labute approximate surface area is 160 Å². The van der Waals surface area contributed by atoms with Crippen molar-refractivity contribution in [2.45, 2.75) is 19.8 Å². The van der Waals surface area contributed by atoms with Gasteiger partial charge in [-0.25, -0.2) is 14.8 Å². The Morgan fingerprint density at radius 3 is 2.93 bits per heavy atom. The molecule has 28 heavy (non-hydrogen) atoms. The highest BCUT2D eigenvalue weighted by atomic mass is 16.7. The number of fused-ring (bicyclic) bond motifs is 2. The number of aryl methyl sites for hydroxylation is 1. The van der Waals surface area contributed by atoms with E-state index in [1.54, 1.807) is 6.92 Å². The number of nitrogens with one attached hydrogen (secondary N) is 1. The quantitative estimate of drug-likeness (QED) is 0.678. The number of hydrogen-bond acceptors (Lipinski definition) is 7. The van der Waals surface area contributed by atoms with E-state index in [0.29, 0.717) is 63.3 Å². The molecule has 1 saturated carbocycles. The fourth-order valence-corrected chi connectivity index (χ4v) is 3.45. The van der Waals surface area contributed by atoms with Crippen LogP contribution >= 0.6 is 0 Å². The van der Waals surface area contributed by atoms with Crippen molar-refractivity contribution in [1.29, 1.82) is 0 Å². The van der Waals surface area contributed by atoms with E-state index in [4.69, 9.17) is 18.9 Å². The Bertz CT molecular complexity index is 1090. The number of benzene rings is 1. The van der Waals surface area contributed by atoms with Crippen molar-refractivity contribution in [3.63, 3.8) is 0 Å². The highest BCUT2D eigenvalue weighted by molar-refractivity contribution is 6.07. The van der Waals surface area contributed by atoms with Crippen molar-refractivity contribution in [1.82, 2.24) is 15.0 Å². The fraction of sp³-hybridized carbons (Fsp3) is 0.350. The fourth-order valence-electron chi connectivity index (χ4n) is 3.45. The third-order valence-corrected chi connectivity index (χ3v) is 5.07. The van der Waals surface area contributed by atoms with Crippen molar-refractivity contribution in [2.75, 3.05) is 20.5 Å². The molecule has 3 aromatic rings. The second kappa shape index (κ2) is 6.40. The number of aromatic nitrogens is 3. The second-order valence-electron chi connectivity index (χ2n) is 6.99. The van der Waals surface area contributed by atoms with Crippen LogP contribution in [0.2, 0.25) is 0 Å². The molecule has 2 aromatic heterocycles. The summed E-state index contributed by atoms with van der Waals surface area (Å²) >= 11 is 0. The smallest absolute Gasteiger partial charge is 0.341 e. The van der Waals surface area contributed by atoms with Crippen molar-refractivity contribution in [3.05, 3.63) is 29.7 Å². The maximum Gasteiger partial charge on any atom is 0.341 e. The number of ether oxygens (including phenoxy) is 4. The van der Waals surface area contributed by atoms with Gasteiger partial charge in [0, 0.05) is 5.69 Å². The second-order valence-corrected chi connectivity index (χ2v) is 6.99. The molecular weight excluding hydrogens is 362 g/mol. The van der Waals surface area contributed by atoms with E-state index < -0.39 is 5.97 Å². The lowest BCUT2D eigenvalue weighted by molar-refractivity contribution is 0.0602. The molecule has 0 saturated heterocycles. The molecule has 5 rings (SSSR count). The first-order valence-electron chi connectivity index (χ1n) is 9.14. The minimum absolute atomic E-state index is 0.139. The molecule has 144 valence electrons. The largest absolute Gasteiger partial charge is 0.492 e. The molecule has 2 aliphatic rings. The predicted molar refractivity (Wildman–Crippen MR) is 99.7 cm³/mol. The van der Waals surface area contributed by atoms with Crippen molar-refractivity contribution in [3.8, 4) is 28.5 Å². The molecule has 3 heterocycles. The van der Waals surface area contributed by atoms with Crippen LogP contribution in [-0.4, -0.2) is 41.4 Å². The van der Waals surface area contributed by atoms with E-state index >= 15 is 0 Å². The molecule has 0 unspecified atom stereocenters. The molecule has 0 radical (unpaired) electrons. The normalized spacial score (nSPS) is 15.1. The average Bonchev–Trinajstić information content (AvgIpc) is 3.30. The lowest BCUT2D eigenvalue weighted by atomic mass is 10.1. The maximum atomic E-state index is 12.2. The van der Waals surface area contributed by atoms with Crippen molar-refractivity contribution < 1.29 is 23.7 Å². The number of nitrogens with zero attached hydrogens (tertiary/aromatic N) is 2. The number of carbonyl (C=O) groups excluding carboxylic acids is 1. The van der Waals surface area contributed by atoms with Gasteiger partial charge in [0.15, 0.2) is 11.5 Å². The monoisotopic (exact) mass is 381 g/mol. The average molecular weight is 381 g/mol. The third kappa shape index (κ3) is 2.64. The number of aromatic amines is 1. The molecule has 8 nitrogen and oxygen atoms in total. The van der Waals surface area contributed by atoms with E-state index in [9.17, 15) is 4.79 Å². The summed E-state index contributed by atoms with van der Waals surface area (Å²) in [6, 6.07) is 3.71. The molecule has 0 amide bonds. The Hall–Kier alpha value is -3.29. The van der Waals surface area contributed by atoms with Gasteiger partial charge in [-0.3, -0.25) is 0 Å². The van der Waals surface area contributed by atoms with Crippen LogP contribution in [0.15, 0.2) is 18.5 Å². The molecule has 8 heteroatoms. The highest BCUT2D eigenvalue weighted by Crippen LogP contribution is 2.48. The lowest BCUT2D eigenvalue weighted by Crippen LogP contribution is -2.03. The number of rotatable bonds is 5. The van der Waals surface area contributed by atoms with Crippen LogP contribution in [0.1, 0.15) is 28.9 Å². The first-order valence-corrected chi connectivity index (χ1v) is 9.14. The lowest BCUT2D eigenvalue weighted by Gasteiger charge is -2.13. The first kappa shape index (κ1) is 16.9. The summed E-state index contributed by atoms with van der Waals surface area (Å²) < 4.78 is 22.3. The van der Waals surface area contributed by atoms with Crippen LogP contribution in [0.3, 0.4) is 0 Å². The van der Waals surface area contributed by atoms with Gasteiger partial charge in [-0.15, -0.1) is 0 Å². The Balaban J connectivity index is 1.71. The zero-order valence-corrected chi connectivity index (χ0v) is 15.6. The number of methoxy groups -OCH3 is 1. The number of H-pyrrole nitrogens is 1. The zero-order valence-electron chi connectivity index (χ0n) is 15.6. The summed E-state index contributed by atoms with van der Waals surface area (Å²) in [4.78, 5) is 24.2. The molecule has 1 fully saturated rings. The highest BCUT2D eigenvalue weighted by Gasteiger charge is 2.29. The summed E-state index contributed by atoms with van der Waals surface area (Å²) in [6.45, 7) is 2.59. The molecule has 0 atom stereocenters. The van der Waals surface area contributed by atoms with Gasteiger partial charge in [-0.2, -0.15) is 0 Å². The van der Waals surface area contributed by atoms with E-state index in [-0.39, 0.29) is 6.79 Å². The van der Waals surface area contributed by atoms with Gasteiger partial charge in [0.25, 0.3) is 0 Å². The molecule has 1 N–H and O–H groups in total. The Morgan fingerprint density at radius 1 is 1.29 bits per heavy atom. The van der Waals surface area contributed by atoms with Crippen molar-refractivity contribution in [2.24, 2.45) is 5.92 Å². The molecule has 0 spiro atoms. The summed E-state index contributed by atoms with van der Waals surface area (Å²) in [7, 11) is 1.35. The molecular formula is C20H19N3O5. The number of hydrogen-bond donors (Lipinski definition) is 1. The van der Waals surface area contributed by atoms with Gasteiger partial charge >= 0.3 is 5.97 Å². The SMILES string of the molecule is COC(=O)c1c(C)[nH]c2c(-c3c(OCC4CC4)ccc4c3OCO4)ncnc12. The molecule has 1 aliphatic heterocycles. The Kier molecular flexibility index (Phi) is 3.85. The van der Waals surface area contributed by atoms with Gasteiger partial charge < -0.3 is 23.9 Å². The van der Waals surface area contributed by atoms with Gasteiger partial charge in [0.1, 0.15) is 28.9 Å². The zero-order chi connectivity index (χ0) is 19.3.